The van der Waals surface area contributed by atoms with Crippen LogP contribution in [0.2, 0.25) is 5.02 Å². The average Bonchev–Trinajstić information content (AvgIpc) is 3.21. The zero-order valence-electron chi connectivity index (χ0n) is 17.2. The maximum atomic E-state index is 12.8. The van der Waals surface area contributed by atoms with Crippen molar-refractivity contribution in [2.24, 2.45) is 5.92 Å². The summed E-state index contributed by atoms with van der Waals surface area (Å²) >= 11 is 7.96. The van der Waals surface area contributed by atoms with Gasteiger partial charge in [0.05, 0.1) is 0 Å². The highest BCUT2D eigenvalue weighted by molar-refractivity contribution is 7.15. The first-order chi connectivity index (χ1) is 15.2. The molecule has 0 bridgehead atoms. The number of rotatable bonds is 4. The third-order valence-electron chi connectivity index (χ3n) is 5.93. The fourth-order valence-electron chi connectivity index (χ4n) is 4.13. The summed E-state index contributed by atoms with van der Waals surface area (Å²) in [6.45, 7) is 2.94. The minimum Gasteiger partial charge on any atom is -0.344 e. The highest BCUT2D eigenvalue weighted by Gasteiger charge is 2.46. The Hall–Kier alpha value is -2.10. The number of piperidine rings is 1. The second-order valence-corrected chi connectivity index (χ2v) is 9.66. The lowest BCUT2D eigenvalue weighted by atomic mass is 9.92. The molecule has 0 spiro atoms. The minimum absolute atomic E-state index is 0.0743. The Kier molecular flexibility index (Phi) is 6.78. The van der Waals surface area contributed by atoms with Crippen LogP contribution in [-0.2, 0) is 16.1 Å². The van der Waals surface area contributed by atoms with Gasteiger partial charge in [-0.25, -0.2) is 0 Å². The number of hydrogen-bond acceptors (Lipinski definition) is 4. The van der Waals surface area contributed by atoms with E-state index in [2.05, 4.69) is 17.0 Å². The quantitative estimate of drug-likeness (QED) is 0.661. The third kappa shape index (κ3) is 5.10. The number of alkyl halides is 3. The van der Waals surface area contributed by atoms with Crippen LogP contribution in [-0.4, -0.2) is 60.0 Å². The summed E-state index contributed by atoms with van der Waals surface area (Å²) in [7, 11) is 0. The first-order valence-electron chi connectivity index (χ1n) is 10.4. The van der Waals surface area contributed by atoms with Gasteiger partial charge in [0.1, 0.15) is 12.0 Å². The highest BCUT2D eigenvalue weighted by atomic mass is 35.5. The van der Waals surface area contributed by atoms with Gasteiger partial charge in [-0.15, -0.1) is 11.3 Å². The van der Waals surface area contributed by atoms with Crippen LogP contribution in [0.3, 0.4) is 0 Å². The van der Waals surface area contributed by atoms with E-state index in [1.165, 1.54) is 4.88 Å². The smallest absolute Gasteiger partial charge is 0.344 e. The van der Waals surface area contributed by atoms with Gasteiger partial charge in [0.2, 0.25) is 11.8 Å². The lowest BCUT2D eigenvalue weighted by molar-refractivity contribution is -0.172. The van der Waals surface area contributed by atoms with Gasteiger partial charge < -0.3 is 10.2 Å². The Morgan fingerprint density at radius 3 is 2.47 bits per heavy atom. The zero-order valence-corrected chi connectivity index (χ0v) is 18.8. The van der Waals surface area contributed by atoms with Gasteiger partial charge in [-0.2, -0.15) is 13.2 Å². The molecule has 3 heterocycles. The van der Waals surface area contributed by atoms with Gasteiger partial charge in [-0.1, -0.05) is 29.8 Å². The van der Waals surface area contributed by atoms with E-state index >= 15 is 0 Å². The second-order valence-electron chi connectivity index (χ2n) is 8.08. The highest BCUT2D eigenvalue weighted by Crippen LogP contribution is 2.34. The number of nitrogens with one attached hydrogen (secondary N) is 1. The molecule has 2 aliphatic rings. The molecule has 1 N–H and O–H groups in total. The zero-order chi connectivity index (χ0) is 22.9. The molecule has 4 rings (SSSR count). The van der Waals surface area contributed by atoms with E-state index in [9.17, 15) is 22.8 Å². The molecule has 0 aliphatic carbocycles. The van der Waals surface area contributed by atoms with Crippen molar-refractivity contribution in [1.82, 2.24) is 15.1 Å². The van der Waals surface area contributed by atoms with Gasteiger partial charge in [-0.05, 0) is 31.0 Å². The summed E-state index contributed by atoms with van der Waals surface area (Å²) < 4.78 is 38.4. The molecule has 2 amide bonds. The summed E-state index contributed by atoms with van der Waals surface area (Å²) in [6.07, 6.45) is -4.82. The number of carbonyl (C=O) groups excluding carboxylic acids is 2. The van der Waals surface area contributed by atoms with Crippen molar-refractivity contribution in [2.75, 3.05) is 26.2 Å². The van der Waals surface area contributed by atoms with E-state index in [-0.39, 0.29) is 18.7 Å². The number of thiophene rings is 1. The van der Waals surface area contributed by atoms with Crippen LogP contribution in [0.4, 0.5) is 13.2 Å². The van der Waals surface area contributed by atoms with Crippen molar-refractivity contribution in [1.29, 1.82) is 0 Å². The molecule has 2 saturated heterocycles. The summed E-state index contributed by atoms with van der Waals surface area (Å²) in [6, 6.07) is 9.96. The summed E-state index contributed by atoms with van der Waals surface area (Å²) in [5.74, 6) is -2.23. The monoisotopic (exact) mass is 485 g/mol. The van der Waals surface area contributed by atoms with Crippen LogP contribution < -0.4 is 5.32 Å². The molecule has 0 saturated carbocycles. The lowest BCUT2D eigenvalue weighted by Gasteiger charge is -2.37. The van der Waals surface area contributed by atoms with E-state index in [4.69, 9.17) is 11.6 Å². The molecular formula is C22H23ClF3N3O2S. The van der Waals surface area contributed by atoms with Gasteiger partial charge in [0.25, 0.3) is 0 Å². The number of amides is 2. The van der Waals surface area contributed by atoms with Crippen LogP contribution in [0.15, 0.2) is 36.4 Å². The minimum atomic E-state index is -4.48. The molecule has 2 unspecified atom stereocenters. The SMILES string of the molecule is O=C1NC(C(F)(F)F)CCC1C(=O)N1CCN(Cc2ccc(-c3ccccc3Cl)s2)CC1. The van der Waals surface area contributed by atoms with Crippen molar-refractivity contribution in [3.63, 3.8) is 0 Å². The summed E-state index contributed by atoms with van der Waals surface area (Å²) in [4.78, 5) is 30.9. The fraction of sp³-hybridized carbons (Fsp3) is 0.455. The molecule has 2 atom stereocenters. The summed E-state index contributed by atoms with van der Waals surface area (Å²) in [5.41, 5.74) is 0.999. The molecule has 172 valence electrons. The number of nitrogens with zero attached hydrogens (tertiary/aromatic N) is 2. The Morgan fingerprint density at radius 1 is 1.09 bits per heavy atom. The predicted molar refractivity (Wildman–Crippen MR) is 117 cm³/mol. The normalized spacial score (nSPS) is 22.6. The lowest BCUT2D eigenvalue weighted by Crippen LogP contribution is -2.57. The molecule has 2 aliphatic heterocycles. The Morgan fingerprint density at radius 2 is 1.81 bits per heavy atom. The van der Waals surface area contributed by atoms with E-state index in [1.807, 2.05) is 29.6 Å². The van der Waals surface area contributed by atoms with Crippen molar-refractivity contribution >= 4 is 34.8 Å². The maximum absolute atomic E-state index is 12.8. The van der Waals surface area contributed by atoms with Gasteiger partial charge in [0, 0.05) is 53.1 Å². The first kappa shape index (κ1) is 23.1. The fourth-order valence-corrected chi connectivity index (χ4v) is 5.51. The van der Waals surface area contributed by atoms with Crippen molar-refractivity contribution in [3.8, 4) is 10.4 Å². The van der Waals surface area contributed by atoms with Gasteiger partial charge in [-0.3, -0.25) is 14.5 Å². The molecular weight excluding hydrogens is 463 g/mol. The van der Waals surface area contributed by atoms with Crippen LogP contribution in [0, 0.1) is 5.92 Å². The van der Waals surface area contributed by atoms with Crippen LogP contribution >= 0.6 is 22.9 Å². The molecule has 2 aromatic rings. The number of halogens is 4. The molecule has 1 aromatic heterocycles. The Balaban J connectivity index is 1.29. The molecule has 32 heavy (non-hydrogen) atoms. The second kappa shape index (κ2) is 9.41. The van der Waals surface area contributed by atoms with Crippen molar-refractivity contribution in [3.05, 3.63) is 46.3 Å². The Labute approximate surface area is 193 Å². The topological polar surface area (TPSA) is 52.7 Å². The van der Waals surface area contributed by atoms with Gasteiger partial charge in [0.15, 0.2) is 0 Å². The third-order valence-corrected chi connectivity index (χ3v) is 7.37. The van der Waals surface area contributed by atoms with Crippen LogP contribution in [0.25, 0.3) is 10.4 Å². The van der Waals surface area contributed by atoms with E-state index in [1.54, 1.807) is 16.2 Å². The first-order valence-corrected chi connectivity index (χ1v) is 11.6. The molecule has 0 radical (unpaired) electrons. The van der Waals surface area contributed by atoms with E-state index < -0.39 is 24.0 Å². The summed E-state index contributed by atoms with van der Waals surface area (Å²) in [5, 5.41) is 2.67. The molecule has 1 aromatic carbocycles. The van der Waals surface area contributed by atoms with E-state index in [0.717, 1.165) is 17.0 Å². The predicted octanol–water partition coefficient (Wildman–Crippen LogP) is 4.17. The number of hydrogen-bond donors (Lipinski definition) is 1. The number of piperazine rings is 1. The Bertz CT molecular complexity index is 989. The molecule has 10 heteroatoms. The number of carbonyl (C=O) groups is 2. The average molecular weight is 486 g/mol. The largest absolute Gasteiger partial charge is 0.408 e. The standard InChI is InChI=1S/C22H23ClF3N3O2S/c23-17-4-2-1-3-15(17)18-7-5-14(32-18)13-28-9-11-29(12-10-28)21(31)16-6-8-19(22(24,25)26)27-20(16)30/h1-5,7,16,19H,6,8-13H2,(H,27,30). The van der Waals surface area contributed by atoms with E-state index in [0.29, 0.717) is 31.2 Å². The van der Waals surface area contributed by atoms with Crippen molar-refractivity contribution < 1.29 is 22.8 Å². The maximum Gasteiger partial charge on any atom is 0.408 e. The van der Waals surface area contributed by atoms with Gasteiger partial charge >= 0.3 is 6.18 Å². The number of benzene rings is 1. The van der Waals surface area contributed by atoms with Crippen molar-refractivity contribution in [2.45, 2.75) is 31.6 Å². The molecule has 2 fully saturated rings. The molecule has 5 nitrogen and oxygen atoms in total. The van der Waals surface area contributed by atoms with Crippen LogP contribution in [0.1, 0.15) is 17.7 Å². The van der Waals surface area contributed by atoms with Crippen LogP contribution in [0.5, 0.6) is 0 Å².